The highest BCUT2D eigenvalue weighted by molar-refractivity contribution is 7.19. The van der Waals surface area contributed by atoms with Gasteiger partial charge >= 0.3 is 5.69 Å². The summed E-state index contributed by atoms with van der Waals surface area (Å²) < 4.78 is 4.76. The van der Waals surface area contributed by atoms with Crippen molar-refractivity contribution in [3.8, 4) is 0 Å². The standard InChI is InChI=1S/C24H27N5O4S/c1-14(2)12-28-23-20(21(30)26(4)24(28)32)19(22(31)29-10-7-11-33-29)18(34-23)13-27-15(3)25-16-8-5-6-9-17(16)27/h5-6,8-9,14H,7,10-13H2,1-4H3. The number of hydrogen-bond donors (Lipinski definition) is 0. The first kappa shape index (κ1) is 22.5. The predicted octanol–water partition coefficient (Wildman–Crippen LogP) is 2.90. The van der Waals surface area contributed by atoms with Gasteiger partial charge in [0.15, 0.2) is 0 Å². The summed E-state index contributed by atoms with van der Waals surface area (Å²) in [4.78, 5) is 51.5. The molecule has 34 heavy (non-hydrogen) atoms. The Morgan fingerprint density at radius 2 is 1.97 bits per heavy atom. The van der Waals surface area contributed by atoms with Gasteiger partial charge < -0.3 is 4.57 Å². The van der Waals surface area contributed by atoms with Crippen molar-refractivity contribution in [3.05, 3.63) is 61.4 Å². The highest BCUT2D eigenvalue weighted by Gasteiger charge is 2.31. The SMILES string of the molecule is Cc1nc2ccccc2n1Cc1sc2c(c1C(=O)N1CCCO1)c(=O)n(C)c(=O)n2CC(C)C. The number of nitrogens with zero attached hydrogens (tertiary/aromatic N) is 5. The van der Waals surface area contributed by atoms with Gasteiger partial charge in [-0.15, -0.1) is 11.3 Å². The summed E-state index contributed by atoms with van der Waals surface area (Å²) in [5.74, 6) is 0.652. The van der Waals surface area contributed by atoms with Crippen molar-refractivity contribution in [1.82, 2.24) is 23.7 Å². The minimum atomic E-state index is -0.461. The maximum absolute atomic E-state index is 13.6. The molecule has 1 amide bonds. The quantitative estimate of drug-likeness (QED) is 0.437. The number of fused-ring (bicyclic) bond motifs is 2. The van der Waals surface area contributed by atoms with E-state index >= 15 is 0 Å². The van der Waals surface area contributed by atoms with Crippen LogP contribution in [-0.4, -0.2) is 42.8 Å². The molecule has 178 valence electrons. The van der Waals surface area contributed by atoms with Gasteiger partial charge in [0.05, 0.1) is 41.7 Å². The molecule has 0 spiro atoms. The topological polar surface area (TPSA) is 91.4 Å². The van der Waals surface area contributed by atoms with Gasteiger partial charge in [-0.05, 0) is 31.4 Å². The number of carbonyl (C=O) groups is 1. The Morgan fingerprint density at radius 1 is 1.21 bits per heavy atom. The minimum Gasteiger partial charge on any atom is -0.323 e. The molecule has 3 aromatic heterocycles. The number of rotatable bonds is 5. The van der Waals surface area contributed by atoms with Gasteiger partial charge in [-0.2, -0.15) is 0 Å². The van der Waals surface area contributed by atoms with E-state index in [1.165, 1.54) is 23.4 Å². The van der Waals surface area contributed by atoms with Crippen molar-refractivity contribution in [3.63, 3.8) is 0 Å². The summed E-state index contributed by atoms with van der Waals surface area (Å²) in [6.45, 7) is 7.70. The summed E-state index contributed by atoms with van der Waals surface area (Å²) >= 11 is 1.33. The molecule has 1 fully saturated rings. The highest BCUT2D eigenvalue weighted by Crippen LogP contribution is 2.32. The Morgan fingerprint density at radius 3 is 2.68 bits per heavy atom. The number of carbonyl (C=O) groups excluding carboxylic acids is 1. The maximum Gasteiger partial charge on any atom is 0.331 e. The van der Waals surface area contributed by atoms with E-state index in [0.717, 1.165) is 27.8 Å². The third-order valence-corrected chi connectivity index (χ3v) is 7.33. The lowest BCUT2D eigenvalue weighted by atomic mass is 10.1. The number of thiophene rings is 1. The molecule has 1 aliphatic rings. The van der Waals surface area contributed by atoms with Crippen LogP contribution in [0.1, 0.15) is 41.3 Å². The zero-order valence-corrected chi connectivity index (χ0v) is 20.5. The lowest BCUT2D eigenvalue weighted by Crippen LogP contribution is -2.39. The van der Waals surface area contributed by atoms with E-state index in [2.05, 4.69) is 4.98 Å². The number of benzene rings is 1. The normalized spacial score (nSPS) is 14.2. The predicted molar refractivity (Wildman–Crippen MR) is 131 cm³/mol. The van der Waals surface area contributed by atoms with E-state index in [-0.39, 0.29) is 22.9 Å². The van der Waals surface area contributed by atoms with Gasteiger partial charge in [-0.1, -0.05) is 26.0 Å². The van der Waals surface area contributed by atoms with Crippen molar-refractivity contribution in [2.75, 3.05) is 13.2 Å². The molecular formula is C24H27N5O4S. The largest absolute Gasteiger partial charge is 0.331 e. The van der Waals surface area contributed by atoms with Crippen molar-refractivity contribution < 1.29 is 9.63 Å². The molecule has 0 unspecified atom stereocenters. The van der Waals surface area contributed by atoms with Crippen LogP contribution in [0.4, 0.5) is 0 Å². The summed E-state index contributed by atoms with van der Waals surface area (Å²) in [5, 5.41) is 1.62. The second kappa shape index (κ2) is 8.52. The first-order valence-electron chi connectivity index (χ1n) is 11.4. The fourth-order valence-electron chi connectivity index (χ4n) is 4.51. The van der Waals surface area contributed by atoms with Crippen LogP contribution < -0.4 is 11.2 Å². The van der Waals surface area contributed by atoms with Gasteiger partial charge in [0.1, 0.15) is 10.7 Å². The first-order valence-corrected chi connectivity index (χ1v) is 12.2. The smallest absolute Gasteiger partial charge is 0.323 e. The number of amides is 1. The summed E-state index contributed by atoms with van der Waals surface area (Å²) in [6, 6.07) is 7.82. The molecule has 4 aromatic rings. The minimum absolute atomic E-state index is 0.185. The Labute approximate surface area is 199 Å². The number of aromatic nitrogens is 4. The molecule has 1 saturated heterocycles. The summed E-state index contributed by atoms with van der Waals surface area (Å²) in [7, 11) is 1.46. The number of aryl methyl sites for hydroxylation is 1. The van der Waals surface area contributed by atoms with E-state index in [1.807, 2.05) is 49.6 Å². The van der Waals surface area contributed by atoms with Crippen LogP contribution in [0.25, 0.3) is 21.3 Å². The van der Waals surface area contributed by atoms with Crippen LogP contribution in [0, 0.1) is 12.8 Å². The lowest BCUT2D eigenvalue weighted by Gasteiger charge is -2.15. The molecule has 0 saturated carbocycles. The van der Waals surface area contributed by atoms with Crippen molar-refractivity contribution in [2.24, 2.45) is 13.0 Å². The molecule has 5 rings (SSSR count). The van der Waals surface area contributed by atoms with Gasteiger partial charge in [0, 0.05) is 18.5 Å². The molecule has 0 N–H and O–H groups in total. The molecule has 0 atom stereocenters. The fraction of sp³-hybridized carbons (Fsp3) is 0.417. The van der Waals surface area contributed by atoms with Crippen LogP contribution in [0.3, 0.4) is 0 Å². The van der Waals surface area contributed by atoms with Crippen molar-refractivity contribution in [2.45, 2.75) is 40.3 Å². The fourth-order valence-corrected chi connectivity index (χ4v) is 5.78. The van der Waals surface area contributed by atoms with Crippen LogP contribution in [0.15, 0.2) is 33.9 Å². The third kappa shape index (κ3) is 3.57. The maximum atomic E-state index is 13.6. The molecule has 0 bridgehead atoms. The van der Waals surface area contributed by atoms with Crippen LogP contribution in [-0.2, 0) is 25.0 Å². The molecule has 0 radical (unpaired) electrons. The van der Waals surface area contributed by atoms with E-state index in [1.54, 1.807) is 4.57 Å². The van der Waals surface area contributed by atoms with Gasteiger partial charge in [0.25, 0.3) is 11.5 Å². The van der Waals surface area contributed by atoms with E-state index in [0.29, 0.717) is 41.5 Å². The highest BCUT2D eigenvalue weighted by atomic mass is 32.1. The average molecular weight is 482 g/mol. The van der Waals surface area contributed by atoms with Gasteiger partial charge in [-0.25, -0.2) is 14.8 Å². The van der Waals surface area contributed by atoms with Crippen LogP contribution in [0.5, 0.6) is 0 Å². The Kier molecular flexibility index (Phi) is 5.65. The van der Waals surface area contributed by atoms with E-state index < -0.39 is 5.56 Å². The average Bonchev–Trinajstić information content (AvgIpc) is 3.53. The van der Waals surface area contributed by atoms with Crippen LogP contribution in [0.2, 0.25) is 0 Å². The second-order valence-electron chi connectivity index (χ2n) is 9.06. The number of hydroxylamine groups is 2. The molecule has 10 heteroatoms. The molecular weight excluding hydrogens is 454 g/mol. The lowest BCUT2D eigenvalue weighted by molar-refractivity contribution is -0.0767. The van der Waals surface area contributed by atoms with Crippen LogP contribution >= 0.6 is 11.3 Å². The Balaban J connectivity index is 1.79. The Bertz CT molecular complexity index is 1530. The van der Waals surface area contributed by atoms with E-state index in [4.69, 9.17) is 4.84 Å². The second-order valence-corrected chi connectivity index (χ2v) is 10.1. The van der Waals surface area contributed by atoms with Crippen molar-refractivity contribution >= 4 is 38.5 Å². The molecule has 4 heterocycles. The summed E-state index contributed by atoms with van der Waals surface area (Å²) in [6.07, 6.45) is 0.741. The van der Waals surface area contributed by atoms with E-state index in [9.17, 15) is 14.4 Å². The molecule has 0 aliphatic carbocycles. The van der Waals surface area contributed by atoms with Gasteiger partial charge in [-0.3, -0.25) is 23.6 Å². The van der Waals surface area contributed by atoms with Gasteiger partial charge in [0.2, 0.25) is 0 Å². The number of imidazole rings is 1. The third-order valence-electron chi connectivity index (χ3n) is 6.13. The number of hydrogen-bond acceptors (Lipinski definition) is 6. The Hall–Kier alpha value is -3.24. The monoisotopic (exact) mass is 481 g/mol. The molecule has 1 aromatic carbocycles. The zero-order chi connectivity index (χ0) is 24.1. The van der Waals surface area contributed by atoms with Crippen molar-refractivity contribution in [1.29, 1.82) is 0 Å². The number of para-hydroxylation sites is 2. The first-order chi connectivity index (χ1) is 16.3. The zero-order valence-electron chi connectivity index (χ0n) is 19.7. The molecule has 1 aliphatic heterocycles. The molecule has 9 nitrogen and oxygen atoms in total. The summed E-state index contributed by atoms with van der Waals surface area (Å²) in [5.41, 5.74) is 1.29.